The molecule has 0 saturated heterocycles. The Morgan fingerprint density at radius 1 is 1.35 bits per heavy atom. The fraction of sp³-hybridized carbons (Fsp3) is 0.353. The molecule has 1 atom stereocenters. The molecule has 1 aliphatic carbocycles. The minimum atomic E-state index is -0.0712. The Balaban J connectivity index is 1.60. The van der Waals surface area contributed by atoms with Crippen LogP contribution in [0.15, 0.2) is 36.9 Å². The highest BCUT2D eigenvalue weighted by atomic mass is 16.1. The standard InChI is InChI=1S/C17H19N5O/c1-11-9-22-10-13(5-6-14(22)19-11)17(23)20-15(12-3-4-12)16-18-7-8-21(16)2/h5-10,12,15H,3-4H2,1-2H3,(H,20,23)/t15-/m0/s1. The summed E-state index contributed by atoms with van der Waals surface area (Å²) in [6.45, 7) is 1.94. The van der Waals surface area contributed by atoms with Gasteiger partial charge in [-0.15, -0.1) is 0 Å². The van der Waals surface area contributed by atoms with Gasteiger partial charge in [-0.2, -0.15) is 0 Å². The predicted octanol–water partition coefficient (Wildman–Crippen LogP) is 2.26. The second-order valence-electron chi connectivity index (χ2n) is 6.25. The fourth-order valence-corrected chi connectivity index (χ4v) is 2.98. The van der Waals surface area contributed by atoms with Gasteiger partial charge >= 0.3 is 0 Å². The number of hydrogen-bond acceptors (Lipinski definition) is 3. The first-order valence-electron chi connectivity index (χ1n) is 7.85. The van der Waals surface area contributed by atoms with Gasteiger partial charge in [0.2, 0.25) is 0 Å². The quantitative estimate of drug-likeness (QED) is 0.804. The Kier molecular flexibility index (Phi) is 3.18. The van der Waals surface area contributed by atoms with Crippen molar-refractivity contribution in [2.75, 3.05) is 0 Å². The van der Waals surface area contributed by atoms with Gasteiger partial charge in [0, 0.05) is 31.8 Å². The molecule has 0 spiro atoms. The van der Waals surface area contributed by atoms with Crippen LogP contribution in [0, 0.1) is 12.8 Å². The first-order valence-corrected chi connectivity index (χ1v) is 7.85. The molecule has 6 nitrogen and oxygen atoms in total. The van der Waals surface area contributed by atoms with Crippen LogP contribution in [0.4, 0.5) is 0 Å². The number of imidazole rings is 2. The molecule has 1 amide bonds. The first-order chi connectivity index (χ1) is 11.1. The number of nitrogens with zero attached hydrogens (tertiary/aromatic N) is 4. The Hall–Kier alpha value is -2.63. The van der Waals surface area contributed by atoms with Crippen molar-refractivity contribution >= 4 is 11.6 Å². The van der Waals surface area contributed by atoms with E-state index >= 15 is 0 Å². The predicted molar refractivity (Wildman–Crippen MR) is 86.1 cm³/mol. The second kappa shape index (κ2) is 5.22. The highest BCUT2D eigenvalue weighted by Crippen LogP contribution is 2.40. The van der Waals surface area contributed by atoms with E-state index in [2.05, 4.69) is 15.3 Å². The molecule has 4 rings (SSSR count). The van der Waals surface area contributed by atoms with Crippen LogP contribution in [-0.4, -0.2) is 24.8 Å². The van der Waals surface area contributed by atoms with Crippen LogP contribution in [0.5, 0.6) is 0 Å². The molecule has 1 N–H and O–H groups in total. The smallest absolute Gasteiger partial charge is 0.253 e. The number of carbonyl (C=O) groups excluding carboxylic acids is 1. The monoisotopic (exact) mass is 309 g/mol. The average Bonchev–Trinajstić information content (AvgIpc) is 3.17. The summed E-state index contributed by atoms with van der Waals surface area (Å²) in [6.07, 6.45) is 9.71. The van der Waals surface area contributed by atoms with Crippen LogP contribution < -0.4 is 5.32 Å². The summed E-state index contributed by atoms with van der Waals surface area (Å²) in [5, 5.41) is 3.15. The third kappa shape index (κ3) is 2.60. The van der Waals surface area contributed by atoms with E-state index in [0.29, 0.717) is 11.5 Å². The molecule has 3 heterocycles. The van der Waals surface area contributed by atoms with Crippen molar-refractivity contribution in [3.05, 3.63) is 54.0 Å². The lowest BCUT2D eigenvalue weighted by molar-refractivity contribution is 0.0928. The molecule has 3 aromatic heterocycles. The van der Waals surface area contributed by atoms with Gasteiger partial charge in [0.15, 0.2) is 0 Å². The minimum absolute atomic E-state index is 0.0253. The van der Waals surface area contributed by atoms with E-state index in [9.17, 15) is 4.79 Å². The Bertz CT molecular complexity index is 874. The van der Waals surface area contributed by atoms with Crippen molar-refractivity contribution in [2.45, 2.75) is 25.8 Å². The summed E-state index contributed by atoms with van der Waals surface area (Å²) in [4.78, 5) is 21.5. The van der Waals surface area contributed by atoms with Crippen LogP contribution in [0.2, 0.25) is 0 Å². The van der Waals surface area contributed by atoms with E-state index in [4.69, 9.17) is 0 Å². The van der Waals surface area contributed by atoms with Gasteiger partial charge in [-0.05, 0) is 37.8 Å². The van der Waals surface area contributed by atoms with Crippen molar-refractivity contribution in [3.8, 4) is 0 Å². The number of aromatic nitrogens is 4. The van der Waals surface area contributed by atoms with E-state index in [1.54, 1.807) is 6.20 Å². The lowest BCUT2D eigenvalue weighted by Crippen LogP contribution is -2.31. The van der Waals surface area contributed by atoms with Crippen molar-refractivity contribution in [2.24, 2.45) is 13.0 Å². The maximum Gasteiger partial charge on any atom is 0.253 e. The average molecular weight is 309 g/mol. The summed E-state index contributed by atoms with van der Waals surface area (Å²) in [5.74, 6) is 1.33. The first kappa shape index (κ1) is 14.0. The number of carbonyl (C=O) groups is 1. The summed E-state index contributed by atoms with van der Waals surface area (Å²) in [7, 11) is 1.96. The highest BCUT2D eigenvalue weighted by Gasteiger charge is 2.35. The number of hydrogen-bond donors (Lipinski definition) is 1. The maximum atomic E-state index is 12.7. The lowest BCUT2D eigenvalue weighted by Gasteiger charge is -2.18. The van der Waals surface area contributed by atoms with E-state index < -0.39 is 0 Å². The van der Waals surface area contributed by atoms with Crippen molar-refractivity contribution < 1.29 is 4.79 Å². The van der Waals surface area contributed by atoms with Gasteiger partial charge in [-0.25, -0.2) is 9.97 Å². The minimum Gasteiger partial charge on any atom is -0.342 e. The number of pyridine rings is 1. The van der Waals surface area contributed by atoms with Crippen LogP contribution in [0.3, 0.4) is 0 Å². The molecule has 0 unspecified atom stereocenters. The van der Waals surface area contributed by atoms with Crippen LogP contribution in [-0.2, 0) is 7.05 Å². The topological polar surface area (TPSA) is 64.2 Å². The van der Waals surface area contributed by atoms with Gasteiger partial charge in [0.1, 0.15) is 11.5 Å². The number of nitrogens with one attached hydrogen (secondary N) is 1. The molecule has 1 fully saturated rings. The summed E-state index contributed by atoms with van der Waals surface area (Å²) in [5.41, 5.74) is 2.42. The lowest BCUT2D eigenvalue weighted by atomic mass is 10.1. The zero-order chi connectivity index (χ0) is 16.0. The molecule has 23 heavy (non-hydrogen) atoms. The van der Waals surface area contributed by atoms with Gasteiger partial charge in [-0.1, -0.05) is 0 Å². The van der Waals surface area contributed by atoms with Gasteiger partial charge < -0.3 is 14.3 Å². The fourth-order valence-electron chi connectivity index (χ4n) is 2.98. The third-order valence-corrected chi connectivity index (χ3v) is 4.35. The molecule has 6 heteroatoms. The van der Waals surface area contributed by atoms with Gasteiger partial charge in [0.25, 0.3) is 5.91 Å². The normalized spacial score (nSPS) is 15.7. The molecule has 0 aromatic carbocycles. The zero-order valence-corrected chi connectivity index (χ0v) is 13.2. The van der Waals surface area contributed by atoms with Gasteiger partial charge in [0.05, 0.1) is 17.3 Å². The van der Waals surface area contributed by atoms with Crippen LogP contribution >= 0.6 is 0 Å². The largest absolute Gasteiger partial charge is 0.342 e. The van der Waals surface area contributed by atoms with E-state index in [-0.39, 0.29) is 11.9 Å². The van der Waals surface area contributed by atoms with Crippen LogP contribution in [0.1, 0.15) is 40.8 Å². The molecule has 0 bridgehead atoms. The Morgan fingerprint density at radius 2 is 2.17 bits per heavy atom. The molecule has 0 aliphatic heterocycles. The number of amides is 1. The number of aryl methyl sites for hydroxylation is 2. The maximum absolute atomic E-state index is 12.7. The molecule has 1 aliphatic rings. The molecule has 0 radical (unpaired) electrons. The summed E-state index contributed by atoms with van der Waals surface area (Å²) < 4.78 is 3.86. The van der Waals surface area contributed by atoms with Gasteiger partial charge in [-0.3, -0.25) is 4.79 Å². The van der Waals surface area contributed by atoms with E-state index in [0.717, 1.165) is 30.0 Å². The van der Waals surface area contributed by atoms with Crippen molar-refractivity contribution in [1.29, 1.82) is 0 Å². The van der Waals surface area contributed by atoms with E-state index in [1.807, 2.05) is 53.7 Å². The third-order valence-electron chi connectivity index (χ3n) is 4.35. The molecule has 3 aromatic rings. The summed E-state index contributed by atoms with van der Waals surface area (Å²) in [6, 6.07) is 3.66. The Labute approximate surface area is 134 Å². The number of fused-ring (bicyclic) bond motifs is 1. The van der Waals surface area contributed by atoms with Crippen molar-refractivity contribution in [3.63, 3.8) is 0 Å². The molecular formula is C17H19N5O. The highest BCUT2D eigenvalue weighted by molar-refractivity contribution is 5.94. The Morgan fingerprint density at radius 3 is 2.87 bits per heavy atom. The second-order valence-corrected chi connectivity index (χ2v) is 6.25. The molecule has 1 saturated carbocycles. The number of rotatable bonds is 4. The molecule has 118 valence electrons. The van der Waals surface area contributed by atoms with Crippen LogP contribution in [0.25, 0.3) is 5.65 Å². The van der Waals surface area contributed by atoms with E-state index in [1.165, 1.54) is 0 Å². The molecular weight excluding hydrogens is 290 g/mol. The SMILES string of the molecule is Cc1cn2cc(C(=O)N[C@H](c3nccn3C)C3CC3)ccc2n1. The summed E-state index contributed by atoms with van der Waals surface area (Å²) >= 11 is 0. The van der Waals surface area contributed by atoms with Crippen molar-refractivity contribution in [1.82, 2.24) is 24.3 Å². The zero-order valence-electron chi connectivity index (χ0n) is 13.2.